The standard InChI is InChI=1S/C24H23ClN4O/c1-14-8-10-29(24-21(14)16(3)27-13-28-24)17(4)19-11-20(25)15(2)22(23(19)30-5)18-7-6-9-26-12-18/h6-13,17H,1H2,2-5H3/p+1. The Kier molecular flexibility index (Phi) is 5.31. The van der Waals surface area contributed by atoms with Crippen LogP contribution in [0.3, 0.4) is 0 Å². The van der Waals surface area contributed by atoms with Crippen LogP contribution >= 0.6 is 11.6 Å². The van der Waals surface area contributed by atoms with Crippen molar-refractivity contribution in [3.05, 3.63) is 69.4 Å². The highest BCUT2D eigenvalue weighted by Crippen LogP contribution is 2.41. The molecule has 0 bridgehead atoms. The predicted molar refractivity (Wildman–Crippen MR) is 122 cm³/mol. The SMILES string of the molecule is C=c1cc[n+](C(C)c2cc(Cl)c(C)c(-c3cccnc3)c2OC)c2c1=C(C)NC=N2. The van der Waals surface area contributed by atoms with E-state index >= 15 is 0 Å². The Morgan fingerprint density at radius 1 is 1.27 bits per heavy atom. The van der Waals surface area contributed by atoms with Gasteiger partial charge in [0.15, 0.2) is 0 Å². The summed E-state index contributed by atoms with van der Waals surface area (Å²) < 4.78 is 8.06. The van der Waals surface area contributed by atoms with Gasteiger partial charge < -0.3 is 10.1 Å². The topological polar surface area (TPSA) is 50.4 Å². The third-order valence-corrected chi connectivity index (χ3v) is 5.99. The fourth-order valence-electron chi connectivity index (χ4n) is 3.99. The average molecular weight is 420 g/mol. The maximum atomic E-state index is 6.68. The number of nitrogens with one attached hydrogen (secondary N) is 1. The molecule has 1 aliphatic heterocycles. The van der Waals surface area contributed by atoms with Gasteiger partial charge in [0.1, 0.15) is 11.8 Å². The minimum atomic E-state index is -0.0779. The van der Waals surface area contributed by atoms with Crippen LogP contribution in [0.1, 0.15) is 31.0 Å². The van der Waals surface area contributed by atoms with Gasteiger partial charge >= 0.3 is 5.82 Å². The van der Waals surface area contributed by atoms with Crippen molar-refractivity contribution in [2.24, 2.45) is 4.99 Å². The lowest BCUT2D eigenvalue weighted by molar-refractivity contribution is -0.698. The van der Waals surface area contributed by atoms with Gasteiger partial charge in [0.2, 0.25) is 6.34 Å². The number of nitrogens with zero attached hydrogens (tertiary/aromatic N) is 3. The minimum absolute atomic E-state index is 0.0779. The molecule has 0 saturated heterocycles. The predicted octanol–water partition coefficient (Wildman–Crippen LogP) is 3.42. The molecule has 0 spiro atoms. The highest BCUT2D eigenvalue weighted by molar-refractivity contribution is 6.32. The lowest BCUT2D eigenvalue weighted by atomic mass is 9.94. The van der Waals surface area contributed by atoms with E-state index in [1.54, 1.807) is 19.6 Å². The number of ether oxygens (including phenoxy) is 1. The van der Waals surface area contributed by atoms with E-state index in [-0.39, 0.29) is 6.04 Å². The van der Waals surface area contributed by atoms with Crippen LogP contribution in [0.5, 0.6) is 5.75 Å². The number of hydrogen-bond acceptors (Lipinski definition) is 4. The van der Waals surface area contributed by atoms with E-state index in [9.17, 15) is 0 Å². The van der Waals surface area contributed by atoms with Crippen LogP contribution in [0.4, 0.5) is 5.82 Å². The molecule has 0 aliphatic carbocycles. The zero-order chi connectivity index (χ0) is 21.4. The van der Waals surface area contributed by atoms with Crippen molar-refractivity contribution in [1.82, 2.24) is 10.3 Å². The number of fused-ring (bicyclic) bond motifs is 1. The van der Waals surface area contributed by atoms with E-state index in [1.165, 1.54) is 0 Å². The first kappa shape index (κ1) is 20.1. The lowest BCUT2D eigenvalue weighted by Crippen LogP contribution is -2.48. The summed E-state index contributed by atoms with van der Waals surface area (Å²) in [5.41, 5.74) is 4.88. The third-order valence-electron chi connectivity index (χ3n) is 5.59. The van der Waals surface area contributed by atoms with Gasteiger partial charge in [-0.15, -0.1) is 0 Å². The van der Waals surface area contributed by atoms with Gasteiger partial charge in [0.05, 0.1) is 18.5 Å². The number of pyridine rings is 2. The largest absolute Gasteiger partial charge is 0.496 e. The Bertz CT molecular complexity index is 1270. The van der Waals surface area contributed by atoms with Gasteiger partial charge in [-0.25, -0.2) is 4.57 Å². The highest BCUT2D eigenvalue weighted by Gasteiger charge is 2.27. The van der Waals surface area contributed by atoms with Gasteiger partial charge in [-0.05, 0) is 54.7 Å². The molecule has 30 heavy (non-hydrogen) atoms. The Balaban J connectivity index is 1.98. The van der Waals surface area contributed by atoms with Crippen molar-refractivity contribution < 1.29 is 9.30 Å². The smallest absolute Gasteiger partial charge is 0.334 e. The van der Waals surface area contributed by atoms with Crippen LogP contribution in [0.25, 0.3) is 23.4 Å². The summed E-state index contributed by atoms with van der Waals surface area (Å²) in [6.45, 7) is 10.3. The zero-order valence-electron chi connectivity index (χ0n) is 17.5. The molecule has 0 radical (unpaired) electrons. The molecule has 1 aliphatic rings. The summed E-state index contributed by atoms with van der Waals surface area (Å²) in [6.07, 6.45) is 7.31. The molecule has 152 valence electrons. The Morgan fingerprint density at radius 3 is 2.77 bits per heavy atom. The van der Waals surface area contributed by atoms with Gasteiger partial charge in [-0.3, -0.25) is 4.98 Å². The monoisotopic (exact) mass is 419 g/mol. The lowest BCUT2D eigenvalue weighted by Gasteiger charge is -2.21. The molecule has 0 saturated carbocycles. The first-order valence-corrected chi connectivity index (χ1v) is 10.1. The Labute approximate surface area is 181 Å². The summed E-state index contributed by atoms with van der Waals surface area (Å²) in [4.78, 5) is 8.89. The number of rotatable bonds is 4. The zero-order valence-corrected chi connectivity index (χ0v) is 18.3. The second kappa shape index (κ2) is 7.92. The van der Waals surface area contributed by atoms with E-state index in [1.807, 2.05) is 50.5 Å². The molecule has 3 heterocycles. The molecule has 5 nitrogen and oxygen atoms in total. The molecule has 2 aromatic heterocycles. The van der Waals surface area contributed by atoms with E-state index in [0.717, 1.165) is 50.0 Å². The number of aromatic nitrogens is 2. The molecule has 1 unspecified atom stereocenters. The molecular weight excluding hydrogens is 396 g/mol. The van der Waals surface area contributed by atoms with Crippen molar-refractivity contribution in [1.29, 1.82) is 0 Å². The van der Waals surface area contributed by atoms with E-state index in [0.29, 0.717) is 5.02 Å². The van der Waals surface area contributed by atoms with Gasteiger partial charge in [-0.1, -0.05) is 24.2 Å². The van der Waals surface area contributed by atoms with E-state index < -0.39 is 0 Å². The van der Waals surface area contributed by atoms with E-state index in [2.05, 4.69) is 33.4 Å². The van der Waals surface area contributed by atoms with Crippen LogP contribution in [-0.2, 0) is 0 Å². The molecule has 1 aromatic carbocycles. The molecule has 4 rings (SSSR count). The fourth-order valence-corrected chi connectivity index (χ4v) is 4.21. The van der Waals surface area contributed by atoms with Crippen molar-refractivity contribution >= 4 is 36.0 Å². The highest BCUT2D eigenvalue weighted by atomic mass is 35.5. The molecule has 1 atom stereocenters. The van der Waals surface area contributed by atoms with E-state index in [4.69, 9.17) is 16.3 Å². The summed E-state index contributed by atoms with van der Waals surface area (Å²) in [5, 5.41) is 5.80. The molecule has 0 fully saturated rings. The van der Waals surface area contributed by atoms with Crippen LogP contribution < -0.4 is 25.1 Å². The normalized spacial score (nSPS) is 13.6. The second-order valence-corrected chi connectivity index (χ2v) is 7.78. The molecule has 0 amide bonds. The van der Waals surface area contributed by atoms with Crippen LogP contribution in [-0.4, -0.2) is 18.4 Å². The van der Waals surface area contributed by atoms with Gasteiger partial charge in [-0.2, -0.15) is 0 Å². The Hall–Kier alpha value is -3.18. The van der Waals surface area contributed by atoms with Gasteiger partial charge in [0.25, 0.3) is 0 Å². The molecule has 1 N–H and O–H groups in total. The molecule has 6 heteroatoms. The van der Waals surface area contributed by atoms with Crippen molar-refractivity contribution in [3.63, 3.8) is 0 Å². The van der Waals surface area contributed by atoms with Crippen LogP contribution in [0.2, 0.25) is 5.02 Å². The average Bonchev–Trinajstić information content (AvgIpc) is 2.75. The van der Waals surface area contributed by atoms with Crippen molar-refractivity contribution in [2.45, 2.75) is 26.8 Å². The summed E-state index contributed by atoms with van der Waals surface area (Å²) in [5.74, 6) is 1.64. The van der Waals surface area contributed by atoms with Crippen LogP contribution in [0, 0.1) is 6.92 Å². The molecular formula is C24H24ClN4O+. The fraction of sp³-hybridized carbons (Fsp3) is 0.208. The number of benzene rings is 1. The third kappa shape index (κ3) is 3.25. The summed E-state index contributed by atoms with van der Waals surface area (Å²) in [6, 6.07) is 7.84. The first-order chi connectivity index (χ1) is 14.4. The Morgan fingerprint density at radius 2 is 2.07 bits per heavy atom. The van der Waals surface area contributed by atoms with Gasteiger partial charge in [0, 0.05) is 39.8 Å². The minimum Gasteiger partial charge on any atom is -0.496 e. The maximum Gasteiger partial charge on any atom is 0.334 e. The van der Waals surface area contributed by atoms with Crippen molar-refractivity contribution in [3.8, 4) is 16.9 Å². The summed E-state index contributed by atoms with van der Waals surface area (Å²) >= 11 is 6.68. The van der Waals surface area contributed by atoms with Crippen molar-refractivity contribution in [2.75, 3.05) is 7.11 Å². The number of halogens is 1. The molecule has 3 aromatic rings. The second-order valence-electron chi connectivity index (χ2n) is 7.37. The first-order valence-electron chi connectivity index (χ1n) is 9.74. The number of hydrogen-bond donors (Lipinski definition) is 1. The maximum absolute atomic E-state index is 6.68. The number of aliphatic imine (C=N–C) groups is 1. The quantitative estimate of drug-likeness (QED) is 0.659. The van der Waals surface area contributed by atoms with Crippen LogP contribution in [0.15, 0.2) is 47.8 Å². The summed E-state index contributed by atoms with van der Waals surface area (Å²) in [7, 11) is 1.69. The number of methoxy groups -OCH3 is 1.